The number of nitrogens with one attached hydrogen (secondary N) is 1. The highest BCUT2D eigenvalue weighted by Crippen LogP contribution is 2.28. The van der Waals surface area contributed by atoms with Crippen molar-refractivity contribution < 1.29 is 0 Å². The van der Waals surface area contributed by atoms with E-state index in [-0.39, 0.29) is 0 Å². The van der Waals surface area contributed by atoms with Crippen LogP contribution in [-0.4, -0.2) is 13.1 Å². The molecule has 1 N–H and O–H groups in total. The zero-order valence-corrected chi connectivity index (χ0v) is 10.1. The van der Waals surface area contributed by atoms with E-state index in [4.69, 9.17) is 23.2 Å². The van der Waals surface area contributed by atoms with Crippen molar-refractivity contribution in [1.29, 1.82) is 0 Å². The van der Waals surface area contributed by atoms with E-state index >= 15 is 0 Å². The summed E-state index contributed by atoms with van der Waals surface area (Å²) in [4.78, 5) is 0. The maximum absolute atomic E-state index is 5.74. The van der Waals surface area contributed by atoms with Crippen LogP contribution in [0.3, 0.4) is 0 Å². The zero-order valence-electron chi connectivity index (χ0n) is 8.57. The van der Waals surface area contributed by atoms with Gasteiger partial charge in [0.1, 0.15) is 0 Å². The molecule has 82 valence electrons. The number of halogens is 2. The Morgan fingerprint density at radius 1 is 1.36 bits per heavy atom. The van der Waals surface area contributed by atoms with E-state index < -0.39 is 0 Å². The maximum Gasteiger partial charge on any atom is 0.0431 e. The predicted molar refractivity (Wildman–Crippen MR) is 63.9 cm³/mol. The SMILES string of the molecule is Cl/C=C(/Cl)CNCCCC1CCCC1. The van der Waals surface area contributed by atoms with Gasteiger partial charge in [-0.15, -0.1) is 0 Å². The minimum absolute atomic E-state index is 0.688. The number of rotatable bonds is 6. The monoisotopic (exact) mass is 235 g/mol. The van der Waals surface area contributed by atoms with Crippen LogP contribution in [0.5, 0.6) is 0 Å². The van der Waals surface area contributed by atoms with E-state index in [9.17, 15) is 0 Å². The molecule has 0 unspecified atom stereocenters. The minimum atomic E-state index is 0.688. The Bertz CT molecular complexity index is 174. The van der Waals surface area contributed by atoms with Gasteiger partial charge in [-0.2, -0.15) is 0 Å². The molecule has 0 aromatic heterocycles. The number of hydrogen-bond donors (Lipinski definition) is 1. The van der Waals surface area contributed by atoms with Crippen molar-refractivity contribution in [3.8, 4) is 0 Å². The molecule has 1 fully saturated rings. The van der Waals surface area contributed by atoms with Crippen molar-refractivity contribution in [3.63, 3.8) is 0 Å². The van der Waals surface area contributed by atoms with E-state index in [1.54, 1.807) is 0 Å². The first kappa shape index (κ1) is 12.4. The summed E-state index contributed by atoms with van der Waals surface area (Å²) in [6.07, 6.45) is 8.41. The first-order valence-corrected chi connectivity index (χ1v) is 6.30. The normalized spacial score (nSPS) is 19.1. The fourth-order valence-corrected chi connectivity index (χ4v) is 2.23. The minimum Gasteiger partial charge on any atom is -0.312 e. The van der Waals surface area contributed by atoms with Gasteiger partial charge < -0.3 is 5.32 Å². The largest absolute Gasteiger partial charge is 0.312 e. The summed E-state index contributed by atoms with van der Waals surface area (Å²) >= 11 is 11.2. The molecular weight excluding hydrogens is 217 g/mol. The second kappa shape index (κ2) is 7.56. The molecule has 0 saturated heterocycles. The highest BCUT2D eigenvalue weighted by atomic mass is 35.5. The molecule has 14 heavy (non-hydrogen) atoms. The van der Waals surface area contributed by atoms with Crippen LogP contribution in [0.4, 0.5) is 0 Å². The Morgan fingerprint density at radius 2 is 2.07 bits per heavy atom. The second-order valence-electron chi connectivity index (χ2n) is 4.03. The van der Waals surface area contributed by atoms with Crippen LogP contribution in [-0.2, 0) is 0 Å². The van der Waals surface area contributed by atoms with Crippen LogP contribution in [0.15, 0.2) is 10.6 Å². The van der Waals surface area contributed by atoms with Crippen LogP contribution in [0.25, 0.3) is 0 Å². The van der Waals surface area contributed by atoms with Crippen molar-refractivity contribution in [2.45, 2.75) is 38.5 Å². The third-order valence-corrected chi connectivity index (χ3v) is 3.47. The van der Waals surface area contributed by atoms with Crippen molar-refractivity contribution in [3.05, 3.63) is 10.6 Å². The Kier molecular flexibility index (Phi) is 6.67. The molecule has 0 amide bonds. The van der Waals surface area contributed by atoms with Gasteiger partial charge in [0.05, 0.1) is 0 Å². The molecule has 1 nitrogen and oxygen atoms in total. The highest BCUT2D eigenvalue weighted by Gasteiger charge is 2.13. The molecule has 3 heteroatoms. The van der Waals surface area contributed by atoms with Crippen molar-refractivity contribution >= 4 is 23.2 Å². The molecule has 0 bridgehead atoms. The number of hydrogen-bond acceptors (Lipinski definition) is 1. The first-order valence-electron chi connectivity index (χ1n) is 5.48. The van der Waals surface area contributed by atoms with Gasteiger partial charge in [-0.05, 0) is 25.3 Å². The smallest absolute Gasteiger partial charge is 0.0431 e. The highest BCUT2D eigenvalue weighted by molar-refractivity contribution is 6.36. The molecule has 1 aliphatic carbocycles. The van der Waals surface area contributed by atoms with Crippen LogP contribution < -0.4 is 5.32 Å². The summed E-state index contributed by atoms with van der Waals surface area (Å²) in [5.41, 5.74) is 1.42. The second-order valence-corrected chi connectivity index (χ2v) is 4.73. The third kappa shape index (κ3) is 5.23. The molecule has 1 aliphatic rings. The van der Waals surface area contributed by atoms with Crippen molar-refractivity contribution in [2.24, 2.45) is 5.92 Å². The molecule has 0 radical (unpaired) electrons. The van der Waals surface area contributed by atoms with Gasteiger partial charge in [-0.1, -0.05) is 48.9 Å². The fourth-order valence-electron chi connectivity index (χ4n) is 2.06. The summed E-state index contributed by atoms with van der Waals surface area (Å²) in [7, 11) is 0. The molecule has 1 saturated carbocycles. The van der Waals surface area contributed by atoms with Crippen LogP contribution >= 0.6 is 23.2 Å². The molecule has 0 aromatic carbocycles. The van der Waals surface area contributed by atoms with E-state index in [1.807, 2.05) is 0 Å². The Labute approximate surface area is 96.8 Å². The lowest BCUT2D eigenvalue weighted by Gasteiger charge is -2.08. The lowest BCUT2D eigenvalue weighted by molar-refractivity contribution is 0.474. The summed E-state index contributed by atoms with van der Waals surface area (Å²) in [5.74, 6) is 0.996. The predicted octanol–water partition coefficient (Wildman–Crippen LogP) is 3.87. The average Bonchev–Trinajstić information content (AvgIpc) is 2.69. The lowest BCUT2D eigenvalue weighted by Crippen LogP contribution is -2.17. The van der Waals surface area contributed by atoms with Gasteiger partial charge >= 0.3 is 0 Å². The molecule has 0 aromatic rings. The fraction of sp³-hybridized carbons (Fsp3) is 0.818. The van der Waals surface area contributed by atoms with Crippen LogP contribution in [0.2, 0.25) is 0 Å². The van der Waals surface area contributed by atoms with Gasteiger partial charge in [0.15, 0.2) is 0 Å². The molecule has 0 heterocycles. The van der Waals surface area contributed by atoms with Gasteiger partial charge in [0.25, 0.3) is 0 Å². The zero-order chi connectivity index (χ0) is 10.2. The Morgan fingerprint density at radius 3 is 2.71 bits per heavy atom. The summed E-state index contributed by atoms with van der Waals surface area (Å²) in [6, 6.07) is 0. The lowest BCUT2D eigenvalue weighted by atomic mass is 10.0. The molecule has 0 aliphatic heterocycles. The first-order chi connectivity index (χ1) is 6.83. The van der Waals surface area contributed by atoms with Crippen molar-refractivity contribution in [2.75, 3.05) is 13.1 Å². The summed E-state index contributed by atoms with van der Waals surface area (Å²) in [6.45, 7) is 1.76. The molecule has 1 rings (SSSR count). The molecule has 0 spiro atoms. The standard InChI is InChI=1S/C11H19Cl2N/c12-8-11(13)9-14-7-3-6-10-4-1-2-5-10/h8,10,14H,1-7,9H2/b11-8+. The van der Waals surface area contributed by atoms with Gasteiger partial charge in [-0.3, -0.25) is 0 Å². The van der Waals surface area contributed by atoms with Crippen LogP contribution in [0, 0.1) is 5.92 Å². The summed E-state index contributed by atoms with van der Waals surface area (Å²) in [5, 5.41) is 3.96. The van der Waals surface area contributed by atoms with Crippen molar-refractivity contribution in [1.82, 2.24) is 5.32 Å². The average molecular weight is 236 g/mol. The van der Waals surface area contributed by atoms with E-state index in [1.165, 1.54) is 44.1 Å². The quantitative estimate of drug-likeness (QED) is 0.690. The molecular formula is C11H19Cl2N. The third-order valence-electron chi connectivity index (χ3n) is 2.85. The maximum atomic E-state index is 5.74. The van der Waals surface area contributed by atoms with Gasteiger partial charge in [0, 0.05) is 17.1 Å². The van der Waals surface area contributed by atoms with E-state index in [0.717, 1.165) is 12.5 Å². The molecule has 0 atom stereocenters. The van der Waals surface area contributed by atoms with E-state index in [0.29, 0.717) is 11.6 Å². The Balaban J connectivity index is 1.89. The topological polar surface area (TPSA) is 12.0 Å². The van der Waals surface area contributed by atoms with Gasteiger partial charge in [0.2, 0.25) is 0 Å². The van der Waals surface area contributed by atoms with Gasteiger partial charge in [-0.25, -0.2) is 0 Å². The van der Waals surface area contributed by atoms with Crippen LogP contribution in [0.1, 0.15) is 38.5 Å². The Hall–Kier alpha value is 0.280. The van der Waals surface area contributed by atoms with E-state index in [2.05, 4.69) is 5.32 Å². The summed E-state index contributed by atoms with van der Waals surface area (Å²) < 4.78 is 0.